The fourth-order valence-electron chi connectivity index (χ4n) is 2.88. The number of aromatic amines is 1. The molecule has 1 aliphatic heterocycles. The summed E-state index contributed by atoms with van der Waals surface area (Å²) < 4.78 is 0. The van der Waals surface area contributed by atoms with E-state index in [1.165, 1.54) is 0 Å². The summed E-state index contributed by atoms with van der Waals surface area (Å²) in [7, 11) is 0. The number of imidazole rings is 1. The monoisotopic (exact) mass is 334 g/mol. The zero-order valence-corrected chi connectivity index (χ0v) is 13.4. The standard InChI is InChI=1S/C18H14N4O3/c1-10-6-7-11-12(8-10)17(25)22(16(11)24)9-15(23)21-18-19-13-4-2-3-5-14(13)20-18/h2-8H,9H2,1H3,(H2,19,20,21,23). The van der Waals surface area contributed by atoms with Gasteiger partial charge in [0.1, 0.15) is 6.54 Å². The van der Waals surface area contributed by atoms with E-state index in [2.05, 4.69) is 15.3 Å². The number of anilines is 1. The lowest BCUT2D eigenvalue weighted by molar-refractivity contribution is -0.116. The molecule has 3 amide bonds. The van der Waals surface area contributed by atoms with Gasteiger partial charge in [-0.05, 0) is 31.2 Å². The van der Waals surface area contributed by atoms with E-state index in [1.807, 2.05) is 31.2 Å². The predicted octanol–water partition coefficient (Wildman–Crippen LogP) is 2.11. The van der Waals surface area contributed by atoms with Crippen LogP contribution in [0, 0.1) is 6.92 Å². The third-order valence-electron chi connectivity index (χ3n) is 4.08. The Kier molecular flexibility index (Phi) is 3.35. The number of aryl methyl sites for hydroxylation is 1. The maximum Gasteiger partial charge on any atom is 0.262 e. The Bertz CT molecular complexity index is 1000. The molecule has 0 bridgehead atoms. The molecule has 7 nitrogen and oxygen atoms in total. The Morgan fingerprint density at radius 1 is 1.12 bits per heavy atom. The van der Waals surface area contributed by atoms with Crippen molar-refractivity contribution in [2.75, 3.05) is 11.9 Å². The minimum Gasteiger partial charge on any atom is -0.324 e. The van der Waals surface area contributed by atoms with Crippen molar-refractivity contribution in [1.82, 2.24) is 14.9 Å². The van der Waals surface area contributed by atoms with Crippen molar-refractivity contribution >= 4 is 34.7 Å². The van der Waals surface area contributed by atoms with E-state index in [9.17, 15) is 14.4 Å². The number of imide groups is 1. The van der Waals surface area contributed by atoms with Gasteiger partial charge in [0.15, 0.2) is 0 Å². The molecule has 1 aliphatic rings. The highest BCUT2D eigenvalue weighted by molar-refractivity contribution is 6.22. The number of fused-ring (bicyclic) bond motifs is 2. The normalized spacial score (nSPS) is 13.4. The largest absolute Gasteiger partial charge is 0.324 e. The lowest BCUT2D eigenvalue weighted by Crippen LogP contribution is -2.37. The summed E-state index contributed by atoms with van der Waals surface area (Å²) in [5.74, 6) is -1.13. The van der Waals surface area contributed by atoms with Crippen molar-refractivity contribution in [2.24, 2.45) is 0 Å². The summed E-state index contributed by atoms with van der Waals surface area (Å²) in [4.78, 5) is 45.1. The number of H-pyrrole nitrogens is 1. The first-order valence-corrected chi connectivity index (χ1v) is 7.74. The highest BCUT2D eigenvalue weighted by Gasteiger charge is 2.36. The number of para-hydroxylation sites is 2. The molecule has 3 aromatic rings. The zero-order valence-electron chi connectivity index (χ0n) is 13.4. The lowest BCUT2D eigenvalue weighted by Gasteiger charge is -2.12. The summed E-state index contributed by atoms with van der Waals surface area (Å²) in [5, 5.41) is 2.59. The number of hydrogen-bond donors (Lipinski definition) is 2. The molecule has 1 aromatic heterocycles. The van der Waals surface area contributed by atoms with Crippen molar-refractivity contribution in [3.63, 3.8) is 0 Å². The summed E-state index contributed by atoms with van der Waals surface area (Å²) in [6.45, 7) is 1.48. The molecular weight excluding hydrogens is 320 g/mol. The number of amides is 3. The number of nitrogens with one attached hydrogen (secondary N) is 2. The summed E-state index contributed by atoms with van der Waals surface area (Å²) >= 11 is 0. The average Bonchev–Trinajstić information content (AvgIpc) is 3.09. The SMILES string of the molecule is Cc1ccc2c(c1)C(=O)N(CC(=O)Nc1nc3ccccc3[nH]1)C2=O. The van der Waals surface area contributed by atoms with Gasteiger partial charge in [-0.3, -0.25) is 24.6 Å². The number of carbonyl (C=O) groups is 3. The Labute approximate surface area is 142 Å². The molecule has 0 fully saturated rings. The van der Waals surface area contributed by atoms with Crippen LogP contribution in [0.5, 0.6) is 0 Å². The first-order valence-electron chi connectivity index (χ1n) is 7.74. The molecule has 0 atom stereocenters. The highest BCUT2D eigenvalue weighted by Crippen LogP contribution is 2.23. The first-order chi connectivity index (χ1) is 12.0. The van der Waals surface area contributed by atoms with Crippen molar-refractivity contribution in [1.29, 1.82) is 0 Å². The van der Waals surface area contributed by atoms with E-state index in [0.717, 1.165) is 16.0 Å². The number of nitrogens with zero attached hydrogens (tertiary/aromatic N) is 2. The van der Waals surface area contributed by atoms with Crippen LogP contribution in [-0.2, 0) is 4.79 Å². The zero-order chi connectivity index (χ0) is 17.6. The van der Waals surface area contributed by atoms with Gasteiger partial charge in [0.25, 0.3) is 11.8 Å². The van der Waals surface area contributed by atoms with Crippen LogP contribution in [0.15, 0.2) is 42.5 Å². The van der Waals surface area contributed by atoms with Gasteiger partial charge >= 0.3 is 0 Å². The van der Waals surface area contributed by atoms with Crippen molar-refractivity contribution < 1.29 is 14.4 Å². The molecule has 0 saturated carbocycles. The third-order valence-corrected chi connectivity index (χ3v) is 4.08. The molecule has 7 heteroatoms. The van der Waals surface area contributed by atoms with Gasteiger partial charge in [0.05, 0.1) is 22.2 Å². The number of hydrogen-bond acceptors (Lipinski definition) is 4. The maximum atomic E-state index is 12.4. The number of rotatable bonds is 3. The van der Waals surface area contributed by atoms with Gasteiger partial charge in [-0.25, -0.2) is 4.98 Å². The van der Waals surface area contributed by atoms with Gasteiger partial charge in [0.2, 0.25) is 11.9 Å². The van der Waals surface area contributed by atoms with Gasteiger partial charge < -0.3 is 4.98 Å². The van der Waals surface area contributed by atoms with E-state index in [1.54, 1.807) is 18.2 Å². The van der Waals surface area contributed by atoms with Crippen molar-refractivity contribution in [3.05, 3.63) is 59.2 Å². The quantitative estimate of drug-likeness (QED) is 0.717. The molecule has 0 saturated heterocycles. The second-order valence-corrected chi connectivity index (χ2v) is 5.90. The summed E-state index contributed by atoms with van der Waals surface area (Å²) in [5.41, 5.74) is 3.05. The molecule has 2 aromatic carbocycles. The fourth-order valence-corrected chi connectivity index (χ4v) is 2.88. The molecule has 4 rings (SSSR count). The molecule has 0 radical (unpaired) electrons. The molecule has 0 aliphatic carbocycles. The third kappa shape index (κ3) is 2.55. The smallest absolute Gasteiger partial charge is 0.262 e. The van der Waals surface area contributed by atoms with E-state index < -0.39 is 17.7 Å². The molecule has 0 spiro atoms. The first kappa shape index (κ1) is 15.1. The van der Waals surface area contributed by atoms with Crippen LogP contribution in [-0.4, -0.2) is 39.1 Å². The van der Waals surface area contributed by atoms with Crippen LogP contribution < -0.4 is 5.32 Å². The van der Waals surface area contributed by atoms with Crippen LogP contribution in [0.1, 0.15) is 26.3 Å². The van der Waals surface area contributed by atoms with Crippen LogP contribution in [0.3, 0.4) is 0 Å². The minimum absolute atomic E-state index is 0.277. The lowest BCUT2D eigenvalue weighted by atomic mass is 10.1. The van der Waals surface area contributed by atoms with Crippen LogP contribution in [0.25, 0.3) is 11.0 Å². The number of benzene rings is 2. The second kappa shape index (κ2) is 5.55. The Morgan fingerprint density at radius 3 is 2.68 bits per heavy atom. The van der Waals surface area contributed by atoms with E-state index in [-0.39, 0.29) is 12.5 Å². The average molecular weight is 334 g/mol. The second-order valence-electron chi connectivity index (χ2n) is 5.90. The summed E-state index contributed by atoms with van der Waals surface area (Å²) in [6, 6.07) is 12.4. The fraction of sp³-hybridized carbons (Fsp3) is 0.111. The molecule has 2 heterocycles. The Hall–Kier alpha value is -3.48. The number of carbonyl (C=O) groups excluding carboxylic acids is 3. The molecule has 124 valence electrons. The van der Waals surface area contributed by atoms with E-state index >= 15 is 0 Å². The van der Waals surface area contributed by atoms with Gasteiger partial charge in [-0.2, -0.15) is 0 Å². The van der Waals surface area contributed by atoms with Gasteiger partial charge in [-0.15, -0.1) is 0 Å². The van der Waals surface area contributed by atoms with E-state index in [0.29, 0.717) is 16.6 Å². The van der Waals surface area contributed by atoms with Crippen molar-refractivity contribution in [3.8, 4) is 0 Å². The van der Waals surface area contributed by atoms with Crippen LogP contribution in [0.4, 0.5) is 5.95 Å². The van der Waals surface area contributed by atoms with Crippen LogP contribution >= 0.6 is 0 Å². The highest BCUT2D eigenvalue weighted by atomic mass is 16.2. The van der Waals surface area contributed by atoms with Gasteiger partial charge in [-0.1, -0.05) is 23.8 Å². The van der Waals surface area contributed by atoms with Crippen LogP contribution in [0.2, 0.25) is 0 Å². The molecule has 25 heavy (non-hydrogen) atoms. The Balaban J connectivity index is 1.51. The molecular formula is C18H14N4O3. The minimum atomic E-state index is -0.495. The number of aromatic nitrogens is 2. The predicted molar refractivity (Wildman–Crippen MR) is 91.3 cm³/mol. The van der Waals surface area contributed by atoms with Crippen molar-refractivity contribution in [2.45, 2.75) is 6.92 Å². The Morgan fingerprint density at radius 2 is 1.88 bits per heavy atom. The molecule has 0 unspecified atom stereocenters. The summed E-state index contributed by atoms with van der Waals surface area (Å²) in [6.07, 6.45) is 0. The topological polar surface area (TPSA) is 95.2 Å². The maximum absolute atomic E-state index is 12.4. The van der Waals surface area contributed by atoms with E-state index in [4.69, 9.17) is 0 Å². The molecule has 2 N–H and O–H groups in total. The van der Waals surface area contributed by atoms with Gasteiger partial charge in [0, 0.05) is 0 Å².